The van der Waals surface area contributed by atoms with Crippen LogP contribution in [0.4, 0.5) is 26.3 Å². The molecule has 0 fully saturated rings. The van der Waals surface area contributed by atoms with Gasteiger partial charge >= 0.3 is 0 Å². The van der Waals surface area contributed by atoms with Crippen LogP contribution < -0.4 is 0 Å². The van der Waals surface area contributed by atoms with Crippen molar-refractivity contribution in [3.63, 3.8) is 0 Å². The Morgan fingerprint density at radius 1 is 0.417 bits per heavy atom. The lowest BCUT2D eigenvalue weighted by Crippen LogP contribution is -2.03. The summed E-state index contributed by atoms with van der Waals surface area (Å²) in [6.07, 6.45) is 0. The van der Waals surface area contributed by atoms with Crippen LogP contribution in [-0.4, -0.2) is 20.4 Å². The molecule has 248 valence electrons. The minimum absolute atomic E-state index is 0. The number of benzene rings is 4. The van der Waals surface area contributed by atoms with Crippen LogP contribution in [0.25, 0.3) is 44.5 Å². The molecule has 6 aromatic rings. The predicted octanol–water partition coefficient (Wildman–Crippen LogP) is 11.3. The maximum atomic E-state index is 14.3. The number of aryl methyl sites for hydroxylation is 3. The van der Waals surface area contributed by atoms with Crippen LogP contribution in [0.5, 0.6) is 0 Å². The van der Waals surface area contributed by atoms with Gasteiger partial charge in [0.15, 0.2) is 5.15 Å². The Labute approximate surface area is 280 Å². The number of rotatable bonds is 4. The molecule has 11 heteroatoms. The van der Waals surface area contributed by atoms with E-state index in [-0.39, 0.29) is 31.1 Å². The van der Waals surface area contributed by atoms with Gasteiger partial charge in [-0.3, -0.25) is 0 Å². The highest BCUT2D eigenvalue weighted by Gasteiger charge is 2.24. The van der Waals surface area contributed by atoms with Gasteiger partial charge in [0.2, 0.25) is 0 Å². The number of hydrogen-bond donors (Lipinski definition) is 0. The summed E-state index contributed by atoms with van der Waals surface area (Å²) in [5.41, 5.74) is 3.49. The Morgan fingerprint density at radius 2 is 0.729 bits per heavy atom. The van der Waals surface area contributed by atoms with Gasteiger partial charge in [0.1, 0.15) is 34.9 Å². The van der Waals surface area contributed by atoms with Crippen LogP contribution in [0.2, 0.25) is 5.15 Å². The van der Waals surface area contributed by atoms with Crippen molar-refractivity contribution < 1.29 is 26.3 Å². The molecular formula is C37H31ClF6N4. The number of halogens is 7. The summed E-state index contributed by atoms with van der Waals surface area (Å²) in [5, 5.41) is 15.5. The van der Waals surface area contributed by atoms with Gasteiger partial charge in [-0.15, -0.1) is 5.10 Å². The molecule has 0 spiro atoms. The highest BCUT2D eigenvalue weighted by Crippen LogP contribution is 2.41. The lowest BCUT2D eigenvalue weighted by molar-refractivity contribution is 0.546. The van der Waals surface area contributed by atoms with E-state index in [1.165, 1.54) is 0 Å². The molecule has 0 amide bonds. The van der Waals surface area contributed by atoms with Crippen molar-refractivity contribution in [3.05, 3.63) is 142 Å². The third-order valence-electron chi connectivity index (χ3n) is 7.07. The highest BCUT2D eigenvalue weighted by molar-refractivity contribution is 6.32. The van der Waals surface area contributed by atoms with Crippen molar-refractivity contribution in [1.82, 2.24) is 20.4 Å². The second-order valence-corrected chi connectivity index (χ2v) is 10.5. The summed E-state index contributed by atoms with van der Waals surface area (Å²) in [6.45, 7) is 5.00. The summed E-state index contributed by atoms with van der Waals surface area (Å²) in [5.74, 6) is -5.98. The molecule has 0 aliphatic rings. The highest BCUT2D eigenvalue weighted by atomic mass is 35.5. The molecule has 0 aliphatic heterocycles. The van der Waals surface area contributed by atoms with E-state index >= 15 is 0 Å². The minimum Gasteiger partial charge on any atom is -0.207 e. The van der Waals surface area contributed by atoms with E-state index in [1.807, 2.05) is 36.4 Å². The first-order valence-electron chi connectivity index (χ1n) is 13.7. The molecule has 48 heavy (non-hydrogen) atoms. The normalized spacial score (nSPS) is 10.4. The van der Waals surface area contributed by atoms with E-state index in [4.69, 9.17) is 11.6 Å². The van der Waals surface area contributed by atoms with Crippen molar-refractivity contribution in [2.75, 3.05) is 0 Å². The molecule has 6 rings (SSSR count). The first kappa shape index (κ1) is 37.4. The zero-order valence-electron chi connectivity index (χ0n) is 24.5. The van der Waals surface area contributed by atoms with Gasteiger partial charge in [0.05, 0.1) is 28.2 Å². The Bertz CT molecular complexity index is 1860. The third kappa shape index (κ3) is 7.55. The van der Waals surface area contributed by atoms with Crippen LogP contribution in [0.15, 0.2) is 84.9 Å². The standard InChI is InChI=1S/C18H13F3N2.C17H10ClF3N2.2CH4/c1-10-16(12-6-4-3-5-7-12)17(11(2)23-22-10)18-14(20)8-13(19)9-15(18)21;1-9-14(10-5-3-2-4-6-10)16(17(18)23-22-9)15-12(20)7-11(19)8-13(15)21;;/h3-9H,1-2H3;2-8H,1H3;2*1H4. The van der Waals surface area contributed by atoms with Crippen molar-refractivity contribution in [3.8, 4) is 44.5 Å². The van der Waals surface area contributed by atoms with Crippen molar-refractivity contribution in [2.24, 2.45) is 0 Å². The van der Waals surface area contributed by atoms with Gasteiger partial charge in [0.25, 0.3) is 0 Å². The lowest BCUT2D eigenvalue weighted by atomic mass is 9.92. The molecule has 4 nitrogen and oxygen atoms in total. The van der Waals surface area contributed by atoms with Gasteiger partial charge in [-0.05, 0) is 31.9 Å². The minimum atomic E-state index is -1.05. The van der Waals surface area contributed by atoms with E-state index in [0.717, 1.165) is 5.56 Å². The van der Waals surface area contributed by atoms with Gasteiger partial charge in [-0.2, -0.15) is 15.3 Å². The van der Waals surface area contributed by atoms with E-state index < -0.39 is 40.5 Å². The topological polar surface area (TPSA) is 51.6 Å². The molecular weight excluding hydrogens is 650 g/mol. The third-order valence-corrected chi connectivity index (χ3v) is 7.33. The monoisotopic (exact) mass is 680 g/mol. The second-order valence-electron chi connectivity index (χ2n) is 10.2. The van der Waals surface area contributed by atoms with Crippen molar-refractivity contribution in [2.45, 2.75) is 35.6 Å². The van der Waals surface area contributed by atoms with Gasteiger partial charge in [-0.1, -0.05) is 87.1 Å². The maximum absolute atomic E-state index is 14.3. The van der Waals surface area contributed by atoms with Gasteiger partial charge < -0.3 is 0 Å². The molecule has 0 radical (unpaired) electrons. The maximum Gasteiger partial charge on any atom is 0.160 e. The Balaban J connectivity index is 0.000000250. The van der Waals surface area contributed by atoms with Gasteiger partial charge in [0, 0.05) is 46.5 Å². The Morgan fingerprint density at radius 3 is 1.12 bits per heavy atom. The van der Waals surface area contributed by atoms with Crippen molar-refractivity contribution >= 4 is 11.6 Å². The quantitative estimate of drug-likeness (QED) is 0.174. The number of hydrogen-bond acceptors (Lipinski definition) is 4. The molecule has 0 aliphatic carbocycles. The molecule has 4 aromatic carbocycles. The molecule has 0 N–H and O–H groups in total. The zero-order chi connectivity index (χ0) is 33.1. The van der Waals surface area contributed by atoms with E-state index in [2.05, 4.69) is 20.4 Å². The molecule has 0 unspecified atom stereocenters. The second kappa shape index (κ2) is 15.7. The molecule has 2 heterocycles. The average molecular weight is 681 g/mol. The van der Waals surface area contributed by atoms with E-state index in [1.54, 1.807) is 45.0 Å². The average Bonchev–Trinajstić information content (AvgIpc) is 3.01. The van der Waals surface area contributed by atoms with Crippen LogP contribution in [0, 0.1) is 55.7 Å². The van der Waals surface area contributed by atoms with E-state index in [0.29, 0.717) is 63.6 Å². The summed E-state index contributed by atoms with van der Waals surface area (Å²) >= 11 is 6.07. The zero-order valence-corrected chi connectivity index (χ0v) is 25.3. The Hall–Kier alpha value is -5.09. The molecule has 0 atom stereocenters. The first-order valence-corrected chi connectivity index (χ1v) is 14.1. The van der Waals surface area contributed by atoms with E-state index in [9.17, 15) is 26.3 Å². The van der Waals surface area contributed by atoms with Crippen LogP contribution in [0.1, 0.15) is 31.9 Å². The molecule has 0 saturated carbocycles. The van der Waals surface area contributed by atoms with Crippen molar-refractivity contribution in [1.29, 1.82) is 0 Å². The van der Waals surface area contributed by atoms with Crippen LogP contribution in [-0.2, 0) is 0 Å². The fraction of sp³-hybridized carbons (Fsp3) is 0.135. The largest absolute Gasteiger partial charge is 0.207 e. The lowest BCUT2D eigenvalue weighted by Gasteiger charge is -2.15. The fourth-order valence-corrected chi connectivity index (χ4v) is 5.35. The summed E-state index contributed by atoms with van der Waals surface area (Å²) in [4.78, 5) is 0. The SMILES string of the molecule is C.C.Cc1nnc(C)c(-c2c(F)cc(F)cc2F)c1-c1ccccc1.Cc1nnc(Cl)c(-c2c(F)cc(F)cc2F)c1-c1ccccc1. The Kier molecular flexibility index (Phi) is 12.2. The van der Waals surface area contributed by atoms with Crippen LogP contribution in [0.3, 0.4) is 0 Å². The molecule has 0 bridgehead atoms. The number of aromatic nitrogens is 4. The van der Waals surface area contributed by atoms with Gasteiger partial charge in [-0.25, -0.2) is 26.3 Å². The van der Waals surface area contributed by atoms with Crippen LogP contribution >= 0.6 is 11.6 Å². The summed E-state index contributed by atoms with van der Waals surface area (Å²) in [6, 6.07) is 20.6. The fourth-order valence-electron chi connectivity index (χ4n) is 5.13. The smallest absolute Gasteiger partial charge is 0.160 e. The molecule has 0 saturated heterocycles. The summed E-state index contributed by atoms with van der Waals surface area (Å²) < 4.78 is 83.4. The first-order chi connectivity index (χ1) is 22.0. The molecule has 2 aromatic heterocycles. The number of nitrogens with zero attached hydrogens (tertiary/aromatic N) is 4. The summed E-state index contributed by atoms with van der Waals surface area (Å²) in [7, 11) is 0. The predicted molar refractivity (Wildman–Crippen MR) is 178 cm³/mol.